The van der Waals surface area contributed by atoms with Crippen LogP contribution in [0.3, 0.4) is 0 Å². The van der Waals surface area contributed by atoms with Crippen LogP contribution in [-0.4, -0.2) is 77.9 Å². The van der Waals surface area contributed by atoms with Gasteiger partial charge in [0.25, 0.3) is 5.92 Å². The lowest BCUT2D eigenvalue weighted by atomic mass is 9.55. The van der Waals surface area contributed by atoms with E-state index in [1.165, 1.54) is 32.1 Å². The molecule has 0 spiro atoms. The number of aliphatic hydroxyl groups is 1. The number of ether oxygens (including phenoxy) is 5. The highest BCUT2D eigenvalue weighted by molar-refractivity contribution is 5.78. The minimum absolute atomic E-state index is 0.0779. The first-order valence-corrected chi connectivity index (χ1v) is 22.3. The first-order chi connectivity index (χ1) is 27.7. The highest BCUT2D eigenvalue weighted by Crippen LogP contribution is 2.65. The zero-order valence-corrected chi connectivity index (χ0v) is 36.7. The number of halogens is 5. The summed E-state index contributed by atoms with van der Waals surface area (Å²) in [5.74, 6) is -4.85. The van der Waals surface area contributed by atoms with Crippen molar-refractivity contribution in [3.05, 3.63) is 0 Å². The summed E-state index contributed by atoms with van der Waals surface area (Å²) in [4.78, 5) is 47.6. The Labute approximate surface area is 351 Å². The quantitative estimate of drug-likeness (QED) is 0.0929. The molecule has 15 heteroatoms. The van der Waals surface area contributed by atoms with Gasteiger partial charge < -0.3 is 28.8 Å². The predicted molar refractivity (Wildman–Crippen MR) is 207 cm³/mol. The van der Waals surface area contributed by atoms with Crippen molar-refractivity contribution in [1.82, 2.24) is 0 Å². The summed E-state index contributed by atoms with van der Waals surface area (Å²) in [6.07, 6.45) is 2.95. The number of esters is 4. The number of carbonyl (C=O) groups is 4. The molecule has 9 unspecified atom stereocenters. The molecule has 1 saturated heterocycles. The summed E-state index contributed by atoms with van der Waals surface area (Å²) in [5.41, 5.74) is -5.78. The van der Waals surface area contributed by atoms with E-state index in [0.717, 1.165) is 49.4 Å². The molecular weight excluding hydrogens is 795 g/mol. The maximum atomic E-state index is 14.1. The van der Waals surface area contributed by atoms with Gasteiger partial charge >= 0.3 is 30.1 Å². The van der Waals surface area contributed by atoms with Gasteiger partial charge in [0.1, 0.15) is 18.3 Å². The van der Waals surface area contributed by atoms with E-state index in [2.05, 4.69) is 0 Å². The first-order valence-electron chi connectivity index (χ1n) is 22.3. The molecule has 9 atom stereocenters. The van der Waals surface area contributed by atoms with E-state index in [9.17, 15) is 46.2 Å². The molecule has 0 aromatic rings. The lowest BCUT2D eigenvalue weighted by Gasteiger charge is -2.53. The topological polar surface area (TPSA) is 135 Å². The fraction of sp³-hybridized carbons (Fsp3) is 0.911. The van der Waals surface area contributed by atoms with Gasteiger partial charge in [0.15, 0.2) is 6.79 Å². The Bertz CT molecular complexity index is 1600. The number of rotatable bonds is 11. The van der Waals surface area contributed by atoms with Gasteiger partial charge in [-0.25, -0.2) is 8.78 Å². The molecule has 8 bridgehead atoms. The van der Waals surface area contributed by atoms with Crippen molar-refractivity contribution in [3.63, 3.8) is 0 Å². The van der Waals surface area contributed by atoms with Gasteiger partial charge in [0.2, 0.25) is 5.60 Å². The highest BCUT2D eigenvalue weighted by atomic mass is 19.4. The van der Waals surface area contributed by atoms with Gasteiger partial charge in [-0.15, -0.1) is 0 Å². The third-order valence-corrected chi connectivity index (χ3v) is 16.3. The predicted octanol–water partition coefficient (Wildman–Crippen LogP) is 8.98. The molecule has 9 rings (SSSR count). The minimum atomic E-state index is -5.42. The summed E-state index contributed by atoms with van der Waals surface area (Å²) >= 11 is 0. The SMILES string of the molecule is CCC(C)(C)C(=O)OC1C2CC3C(=O)OC1C3C2.CCC(C)(C)C(=O)OC1CC2CC1C(F)(F)C2(O)C(F)(F)F.CCC(C)(C)C(=O)OCOC1C2CC3CC(C2)CC1C3. The van der Waals surface area contributed by atoms with Crippen LogP contribution in [0.4, 0.5) is 22.0 Å². The third-order valence-electron chi connectivity index (χ3n) is 16.3. The fourth-order valence-corrected chi connectivity index (χ4v) is 11.4. The molecule has 9 aliphatic rings. The number of fused-ring (bicyclic) bond motifs is 3. The van der Waals surface area contributed by atoms with Gasteiger partial charge in [-0.2, -0.15) is 13.2 Å². The fourth-order valence-electron chi connectivity index (χ4n) is 11.4. The van der Waals surface area contributed by atoms with E-state index >= 15 is 0 Å². The van der Waals surface area contributed by atoms with Crippen LogP contribution in [-0.2, 0) is 42.9 Å². The van der Waals surface area contributed by atoms with Crippen molar-refractivity contribution in [1.29, 1.82) is 0 Å². The van der Waals surface area contributed by atoms with Crippen LogP contribution in [0.1, 0.15) is 139 Å². The van der Waals surface area contributed by atoms with Crippen molar-refractivity contribution < 1.29 is 69.9 Å². The van der Waals surface area contributed by atoms with E-state index in [0.29, 0.717) is 24.4 Å². The Morgan fingerprint density at radius 1 is 0.700 bits per heavy atom. The zero-order chi connectivity index (χ0) is 44.5. The maximum Gasteiger partial charge on any atom is 0.423 e. The molecule has 9 fully saturated rings. The third kappa shape index (κ3) is 8.33. The van der Waals surface area contributed by atoms with Crippen LogP contribution in [0.15, 0.2) is 0 Å². The zero-order valence-electron chi connectivity index (χ0n) is 36.7. The molecule has 342 valence electrons. The Balaban J connectivity index is 0.000000151. The second-order valence-corrected chi connectivity index (χ2v) is 21.2. The number of alkyl halides is 5. The molecule has 0 aromatic carbocycles. The van der Waals surface area contributed by atoms with Crippen LogP contribution >= 0.6 is 0 Å². The molecule has 8 aliphatic carbocycles. The normalized spacial score (nSPS) is 39.0. The van der Waals surface area contributed by atoms with Crippen molar-refractivity contribution in [2.24, 2.45) is 69.5 Å². The Kier molecular flexibility index (Phi) is 12.9. The summed E-state index contributed by atoms with van der Waals surface area (Å²) < 4.78 is 94.3. The molecule has 60 heavy (non-hydrogen) atoms. The largest absolute Gasteiger partial charge is 0.461 e. The Morgan fingerprint density at radius 2 is 1.20 bits per heavy atom. The van der Waals surface area contributed by atoms with Crippen molar-refractivity contribution in [2.75, 3.05) is 6.79 Å². The van der Waals surface area contributed by atoms with E-state index in [1.54, 1.807) is 20.8 Å². The van der Waals surface area contributed by atoms with Crippen LogP contribution in [0, 0.1) is 69.5 Å². The summed E-state index contributed by atoms with van der Waals surface area (Å²) in [5, 5.41) is 9.59. The van der Waals surface area contributed by atoms with Crippen molar-refractivity contribution in [2.45, 2.75) is 181 Å². The van der Waals surface area contributed by atoms with Gasteiger partial charge in [-0.1, -0.05) is 20.8 Å². The van der Waals surface area contributed by atoms with Gasteiger partial charge in [0.05, 0.1) is 34.2 Å². The summed E-state index contributed by atoms with van der Waals surface area (Å²) in [6, 6.07) is 0. The standard InChI is InChI=1S/C17H28O3.C14H19F5O3.C14H20O4/c1-4-17(2,3)16(18)20-10-19-15-13-6-11-5-12(8-13)9-14(15)7-11;1-4-11(2,3)10(20)22-9-6-7-5-8(9)13(15,16)12(7,21)14(17,18)19;1-4-14(2,3)13(16)18-10-7-5-8-9(6-7)12(15)17-11(8)10/h11-15H,4-10H2,1-3H3;7-9,21H,4-6H2,1-3H3;7-11H,4-6H2,1-3H3. The van der Waals surface area contributed by atoms with Gasteiger partial charge in [0, 0.05) is 17.8 Å². The molecule has 10 nitrogen and oxygen atoms in total. The van der Waals surface area contributed by atoms with E-state index in [4.69, 9.17) is 23.7 Å². The second kappa shape index (κ2) is 16.5. The Morgan fingerprint density at radius 3 is 1.70 bits per heavy atom. The molecular formula is C45H67F5O10. The smallest absolute Gasteiger partial charge is 0.423 e. The monoisotopic (exact) mass is 862 g/mol. The molecule has 8 saturated carbocycles. The summed E-state index contributed by atoms with van der Waals surface area (Å²) in [7, 11) is 0. The van der Waals surface area contributed by atoms with E-state index in [1.807, 2.05) is 41.5 Å². The minimum Gasteiger partial charge on any atom is -0.461 e. The average Bonchev–Trinajstić information content (AvgIpc) is 3.96. The van der Waals surface area contributed by atoms with Gasteiger partial charge in [-0.3, -0.25) is 19.2 Å². The van der Waals surface area contributed by atoms with E-state index in [-0.39, 0.29) is 42.8 Å². The second-order valence-electron chi connectivity index (χ2n) is 21.2. The van der Waals surface area contributed by atoms with Crippen LogP contribution in [0.25, 0.3) is 0 Å². The molecule has 0 radical (unpaired) electrons. The number of hydrogen-bond acceptors (Lipinski definition) is 10. The lowest BCUT2D eigenvalue weighted by molar-refractivity contribution is -0.353. The maximum absolute atomic E-state index is 14.1. The van der Waals surface area contributed by atoms with Crippen LogP contribution in [0.5, 0.6) is 0 Å². The van der Waals surface area contributed by atoms with Crippen molar-refractivity contribution in [3.8, 4) is 0 Å². The van der Waals surface area contributed by atoms with Crippen LogP contribution in [0.2, 0.25) is 0 Å². The number of carbonyl (C=O) groups excluding carboxylic acids is 4. The first kappa shape index (κ1) is 46.9. The Hall–Kier alpha value is -2.55. The lowest BCUT2D eigenvalue weighted by Crippen LogP contribution is -2.64. The molecule has 1 aliphatic heterocycles. The molecule has 1 heterocycles. The van der Waals surface area contributed by atoms with E-state index < -0.39 is 70.7 Å². The molecule has 1 N–H and O–H groups in total. The molecule has 0 aromatic heterocycles. The van der Waals surface area contributed by atoms with Gasteiger partial charge in [-0.05, 0) is 142 Å². The molecule has 0 amide bonds. The number of hydrogen-bond donors (Lipinski definition) is 1. The highest BCUT2D eigenvalue weighted by Gasteiger charge is 2.82. The average molecular weight is 863 g/mol. The van der Waals surface area contributed by atoms with Crippen LogP contribution < -0.4 is 0 Å². The summed E-state index contributed by atoms with van der Waals surface area (Å²) in [6.45, 7) is 16.7. The van der Waals surface area contributed by atoms with Crippen molar-refractivity contribution >= 4 is 23.9 Å².